The Bertz CT molecular complexity index is 1180. The van der Waals surface area contributed by atoms with Crippen LogP contribution in [0.5, 0.6) is 0 Å². The van der Waals surface area contributed by atoms with Crippen LogP contribution in [0.2, 0.25) is 0 Å². The molecule has 0 radical (unpaired) electrons. The third-order valence-electron chi connectivity index (χ3n) is 4.32. The number of anilines is 1. The van der Waals surface area contributed by atoms with E-state index >= 15 is 0 Å². The summed E-state index contributed by atoms with van der Waals surface area (Å²) in [6.45, 7) is 0.543. The molecule has 156 valence electrons. The summed E-state index contributed by atoms with van der Waals surface area (Å²) < 4.78 is 15.7. The highest BCUT2D eigenvalue weighted by molar-refractivity contribution is 9.10. The molecule has 0 bridgehead atoms. The minimum atomic E-state index is -0.337. The fourth-order valence-electron chi connectivity index (χ4n) is 2.78. The zero-order valence-electron chi connectivity index (χ0n) is 16.2. The van der Waals surface area contributed by atoms with Crippen molar-refractivity contribution in [1.82, 2.24) is 19.7 Å². The highest BCUT2D eigenvalue weighted by atomic mass is 79.9. The average molecular weight is 498 g/mol. The number of nitrogens with one attached hydrogen (secondary N) is 1. The van der Waals surface area contributed by atoms with Gasteiger partial charge in [-0.2, -0.15) is 0 Å². The average Bonchev–Trinajstić information content (AvgIpc) is 3.22. The van der Waals surface area contributed by atoms with Crippen LogP contribution in [0.4, 0.5) is 10.3 Å². The van der Waals surface area contributed by atoms with Crippen LogP contribution in [0, 0.1) is 5.82 Å². The zero-order valence-corrected chi connectivity index (χ0v) is 18.6. The molecule has 0 aliphatic heterocycles. The molecule has 4 rings (SSSR count). The lowest BCUT2D eigenvalue weighted by atomic mass is 10.2. The standard InChI is InChI=1S/C22H17BrFN5OS/c23-17-7-3-15(4-8-17)12-29-14-26-22(28-29)27-20(30)19-2-1-11-25-21(19)31-13-16-5-9-18(24)10-6-16/h1-11,14H,12-13H2,(H,27,28,30). The number of aromatic nitrogens is 4. The number of thioether (sulfide) groups is 1. The van der Waals surface area contributed by atoms with Crippen molar-refractivity contribution in [2.45, 2.75) is 17.3 Å². The molecule has 2 aromatic carbocycles. The smallest absolute Gasteiger partial charge is 0.260 e. The largest absolute Gasteiger partial charge is 0.289 e. The van der Waals surface area contributed by atoms with Gasteiger partial charge < -0.3 is 0 Å². The van der Waals surface area contributed by atoms with Gasteiger partial charge in [0.1, 0.15) is 17.2 Å². The first-order chi connectivity index (χ1) is 15.1. The molecule has 0 aliphatic carbocycles. The maximum atomic E-state index is 13.1. The van der Waals surface area contributed by atoms with Crippen LogP contribution in [0.3, 0.4) is 0 Å². The van der Waals surface area contributed by atoms with Crippen molar-refractivity contribution in [2.75, 3.05) is 5.32 Å². The first-order valence-corrected chi connectivity index (χ1v) is 11.1. The number of rotatable bonds is 7. The Balaban J connectivity index is 1.41. The number of carbonyl (C=O) groups excluding carboxylic acids is 1. The molecule has 31 heavy (non-hydrogen) atoms. The Morgan fingerprint density at radius 1 is 1.03 bits per heavy atom. The van der Waals surface area contributed by atoms with Gasteiger partial charge in [-0.1, -0.05) is 40.2 Å². The minimum absolute atomic E-state index is 0.223. The molecule has 2 heterocycles. The van der Waals surface area contributed by atoms with Crippen LogP contribution in [0.25, 0.3) is 0 Å². The molecule has 0 unspecified atom stereocenters. The van der Waals surface area contributed by atoms with Crippen LogP contribution in [-0.4, -0.2) is 25.7 Å². The van der Waals surface area contributed by atoms with Gasteiger partial charge in [0.15, 0.2) is 0 Å². The lowest BCUT2D eigenvalue weighted by Gasteiger charge is -2.07. The van der Waals surface area contributed by atoms with Crippen molar-refractivity contribution in [3.63, 3.8) is 0 Å². The zero-order chi connectivity index (χ0) is 21.6. The van der Waals surface area contributed by atoms with E-state index in [1.165, 1.54) is 23.9 Å². The number of nitrogens with zero attached hydrogens (tertiary/aromatic N) is 4. The molecule has 1 amide bonds. The Morgan fingerprint density at radius 3 is 2.55 bits per heavy atom. The van der Waals surface area contributed by atoms with Crippen LogP contribution < -0.4 is 5.32 Å². The molecular weight excluding hydrogens is 481 g/mol. The minimum Gasteiger partial charge on any atom is -0.289 e. The van der Waals surface area contributed by atoms with E-state index in [0.29, 0.717) is 22.9 Å². The second kappa shape index (κ2) is 9.84. The van der Waals surface area contributed by atoms with Gasteiger partial charge in [-0.3, -0.25) is 10.1 Å². The van der Waals surface area contributed by atoms with Gasteiger partial charge in [0.25, 0.3) is 5.91 Å². The molecule has 0 spiro atoms. The van der Waals surface area contributed by atoms with Crippen molar-refractivity contribution >= 4 is 39.5 Å². The lowest BCUT2D eigenvalue weighted by molar-refractivity contribution is 0.102. The fourth-order valence-corrected chi connectivity index (χ4v) is 4.00. The normalized spacial score (nSPS) is 10.8. The molecule has 1 N–H and O–H groups in total. The van der Waals surface area contributed by atoms with Crippen molar-refractivity contribution in [1.29, 1.82) is 0 Å². The molecule has 0 aliphatic rings. The molecule has 0 saturated carbocycles. The Labute approximate surface area is 191 Å². The molecule has 9 heteroatoms. The summed E-state index contributed by atoms with van der Waals surface area (Å²) in [4.78, 5) is 21.3. The first kappa shape index (κ1) is 21.2. The summed E-state index contributed by atoms with van der Waals surface area (Å²) >= 11 is 4.82. The monoisotopic (exact) mass is 497 g/mol. The number of halogens is 2. The van der Waals surface area contributed by atoms with Crippen LogP contribution in [0.1, 0.15) is 21.5 Å². The molecule has 0 atom stereocenters. The number of hydrogen-bond donors (Lipinski definition) is 1. The Hall–Kier alpha value is -3.04. The molecule has 4 aromatic rings. The third-order valence-corrected chi connectivity index (χ3v) is 5.93. The number of benzene rings is 2. The summed E-state index contributed by atoms with van der Waals surface area (Å²) in [5.74, 6) is 0.174. The molecule has 2 aromatic heterocycles. The van der Waals surface area contributed by atoms with Gasteiger partial charge in [-0.15, -0.1) is 16.9 Å². The van der Waals surface area contributed by atoms with Gasteiger partial charge >= 0.3 is 0 Å². The van der Waals surface area contributed by atoms with E-state index in [1.807, 2.05) is 24.3 Å². The summed E-state index contributed by atoms with van der Waals surface area (Å²) in [7, 11) is 0. The SMILES string of the molecule is O=C(Nc1ncn(Cc2ccc(Br)cc2)n1)c1cccnc1SCc1ccc(F)cc1. The topological polar surface area (TPSA) is 72.7 Å². The van der Waals surface area contributed by atoms with E-state index < -0.39 is 0 Å². The van der Waals surface area contributed by atoms with Gasteiger partial charge in [-0.05, 0) is 47.5 Å². The van der Waals surface area contributed by atoms with Gasteiger partial charge in [0.2, 0.25) is 5.95 Å². The number of carbonyl (C=O) groups is 1. The molecule has 0 saturated heterocycles. The third kappa shape index (κ3) is 5.77. The second-order valence-electron chi connectivity index (χ2n) is 6.62. The van der Waals surface area contributed by atoms with Crippen molar-refractivity contribution < 1.29 is 9.18 Å². The predicted octanol–water partition coefficient (Wildman–Crippen LogP) is 5.17. The van der Waals surface area contributed by atoms with Crippen molar-refractivity contribution in [2.24, 2.45) is 0 Å². The van der Waals surface area contributed by atoms with Gasteiger partial charge in [0, 0.05) is 16.4 Å². The summed E-state index contributed by atoms with van der Waals surface area (Å²) in [5, 5.41) is 7.63. The van der Waals surface area contributed by atoms with E-state index in [2.05, 4.69) is 36.3 Å². The van der Waals surface area contributed by atoms with Crippen LogP contribution in [0.15, 0.2) is 82.7 Å². The quantitative estimate of drug-likeness (QED) is 0.356. The first-order valence-electron chi connectivity index (χ1n) is 9.34. The Kier molecular flexibility index (Phi) is 6.73. The predicted molar refractivity (Wildman–Crippen MR) is 121 cm³/mol. The van der Waals surface area contributed by atoms with E-state index in [9.17, 15) is 9.18 Å². The summed E-state index contributed by atoms with van der Waals surface area (Å²) in [5.41, 5.74) is 2.44. The molecular formula is C22H17BrFN5OS. The maximum absolute atomic E-state index is 13.1. The molecule has 0 fully saturated rings. The van der Waals surface area contributed by atoms with E-state index in [4.69, 9.17) is 0 Å². The summed E-state index contributed by atoms with van der Waals surface area (Å²) in [6, 6.07) is 17.6. The number of hydrogen-bond acceptors (Lipinski definition) is 5. The van der Waals surface area contributed by atoms with Crippen molar-refractivity contribution in [3.05, 3.63) is 100 Å². The van der Waals surface area contributed by atoms with E-state index in [0.717, 1.165) is 15.6 Å². The molecule has 6 nitrogen and oxygen atoms in total. The van der Waals surface area contributed by atoms with Crippen LogP contribution >= 0.6 is 27.7 Å². The lowest BCUT2D eigenvalue weighted by Crippen LogP contribution is -2.15. The highest BCUT2D eigenvalue weighted by Gasteiger charge is 2.15. The Morgan fingerprint density at radius 2 is 1.77 bits per heavy atom. The summed E-state index contributed by atoms with van der Waals surface area (Å²) in [6.07, 6.45) is 3.21. The second-order valence-corrected chi connectivity index (χ2v) is 8.50. The van der Waals surface area contributed by atoms with Crippen molar-refractivity contribution in [3.8, 4) is 0 Å². The number of amides is 1. The van der Waals surface area contributed by atoms with Crippen LogP contribution in [-0.2, 0) is 12.3 Å². The fraction of sp³-hybridized carbons (Fsp3) is 0.0909. The highest BCUT2D eigenvalue weighted by Crippen LogP contribution is 2.25. The van der Waals surface area contributed by atoms with E-state index in [1.54, 1.807) is 41.5 Å². The number of pyridine rings is 1. The van der Waals surface area contributed by atoms with Gasteiger partial charge in [-0.25, -0.2) is 19.0 Å². The maximum Gasteiger partial charge on any atom is 0.260 e. The van der Waals surface area contributed by atoms with E-state index in [-0.39, 0.29) is 17.7 Å². The van der Waals surface area contributed by atoms with Gasteiger partial charge in [0.05, 0.1) is 12.1 Å².